The minimum atomic E-state index is 0.440. The van der Waals surface area contributed by atoms with Crippen molar-refractivity contribution < 1.29 is 4.74 Å². The van der Waals surface area contributed by atoms with Gasteiger partial charge >= 0.3 is 0 Å². The van der Waals surface area contributed by atoms with Crippen LogP contribution in [-0.2, 0) is 4.74 Å². The van der Waals surface area contributed by atoms with Gasteiger partial charge in [0.25, 0.3) is 0 Å². The maximum Gasteiger partial charge on any atom is 0.0604 e. The van der Waals surface area contributed by atoms with Crippen LogP contribution in [0.1, 0.15) is 33.1 Å². The molecule has 1 aliphatic rings. The van der Waals surface area contributed by atoms with Crippen molar-refractivity contribution in [2.75, 3.05) is 20.2 Å². The molecule has 2 N–H and O–H groups in total. The van der Waals surface area contributed by atoms with Crippen molar-refractivity contribution in [3.8, 4) is 0 Å². The Balaban J connectivity index is 2.25. The number of hydrogen-bond donors (Lipinski definition) is 2. The van der Waals surface area contributed by atoms with Gasteiger partial charge in [-0.3, -0.25) is 0 Å². The molecule has 0 radical (unpaired) electrons. The van der Waals surface area contributed by atoms with Gasteiger partial charge in [0.05, 0.1) is 6.10 Å². The van der Waals surface area contributed by atoms with Crippen molar-refractivity contribution >= 4 is 0 Å². The molecule has 0 bridgehead atoms. The van der Waals surface area contributed by atoms with E-state index in [0.717, 1.165) is 26.0 Å². The summed E-state index contributed by atoms with van der Waals surface area (Å²) in [5.74, 6) is 0. The van der Waals surface area contributed by atoms with Crippen molar-refractivity contribution in [2.45, 2.75) is 51.3 Å². The summed E-state index contributed by atoms with van der Waals surface area (Å²) in [5.41, 5.74) is 0. The first-order chi connectivity index (χ1) is 6.76. The molecule has 0 aliphatic carbocycles. The molecule has 1 rings (SSSR count). The summed E-state index contributed by atoms with van der Waals surface area (Å²) in [6.45, 7) is 6.36. The first-order valence-electron chi connectivity index (χ1n) is 5.78. The van der Waals surface area contributed by atoms with E-state index >= 15 is 0 Å². The first kappa shape index (κ1) is 12.0. The lowest BCUT2D eigenvalue weighted by Crippen LogP contribution is -2.41. The van der Waals surface area contributed by atoms with E-state index in [4.69, 9.17) is 4.74 Å². The maximum absolute atomic E-state index is 5.75. The molecule has 0 saturated carbocycles. The smallest absolute Gasteiger partial charge is 0.0604 e. The minimum absolute atomic E-state index is 0.440. The van der Waals surface area contributed by atoms with Crippen LogP contribution in [0.4, 0.5) is 0 Å². The molecular formula is C11H24N2O. The van der Waals surface area contributed by atoms with Gasteiger partial charge in [0.2, 0.25) is 0 Å². The number of hydrogen-bond acceptors (Lipinski definition) is 3. The summed E-state index contributed by atoms with van der Waals surface area (Å²) in [6.07, 6.45) is 3.89. The Kier molecular flexibility index (Phi) is 5.45. The Morgan fingerprint density at radius 2 is 2.29 bits per heavy atom. The molecule has 0 amide bonds. The van der Waals surface area contributed by atoms with Gasteiger partial charge in [0, 0.05) is 18.7 Å². The summed E-state index contributed by atoms with van der Waals surface area (Å²) in [4.78, 5) is 0. The van der Waals surface area contributed by atoms with E-state index in [0.29, 0.717) is 18.2 Å². The molecule has 1 saturated heterocycles. The second kappa shape index (κ2) is 6.38. The van der Waals surface area contributed by atoms with Crippen molar-refractivity contribution in [3.63, 3.8) is 0 Å². The van der Waals surface area contributed by atoms with Crippen LogP contribution in [0.2, 0.25) is 0 Å². The number of ether oxygens (including phenoxy) is 1. The predicted octanol–water partition coefficient (Wildman–Crippen LogP) is 1.14. The van der Waals surface area contributed by atoms with Crippen LogP contribution < -0.4 is 10.6 Å². The fourth-order valence-corrected chi connectivity index (χ4v) is 2.03. The third kappa shape index (κ3) is 3.95. The van der Waals surface area contributed by atoms with Crippen LogP contribution in [-0.4, -0.2) is 38.4 Å². The van der Waals surface area contributed by atoms with E-state index < -0.39 is 0 Å². The van der Waals surface area contributed by atoms with E-state index in [-0.39, 0.29) is 0 Å². The molecule has 0 aromatic carbocycles. The zero-order valence-electron chi connectivity index (χ0n) is 9.68. The molecule has 3 atom stereocenters. The number of nitrogens with one attached hydrogen (secondary N) is 2. The third-order valence-corrected chi connectivity index (χ3v) is 2.97. The highest BCUT2D eigenvalue weighted by Crippen LogP contribution is 2.17. The van der Waals surface area contributed by atoms with Gasteiger partial charge in [0.1, 0.15) is 0 Å². The molecule has 3 heteroatoms. The maximum atomic E-state index is 5.75. The van der Waals surface area contributed by atoms with Gasteiger partial charge in [-0.1, -0.05) is 6.92 Å². The van der Waals surface area contributed by atoms with E-state index in [1.807, 2.05) is 7.05 Å². The Hall–Kier alpha value is -0.120. The van der Waals surface area contributed by atoms with Crippen LogP contribution in [0, 0.1) is 0 Å². The first-order valence-corrected chi connectivity index (χ1v) is 5.78. The molecule has 3 nitrogen and oxygen atoms in total. The Morgan fingerprint density at radius 1 is 1.50 bits per heavy atom. The van der Waals surface area contributed by atoms with Gasteiger partial charge in [-0.05, 0) is 39.8 Å². The zero-order valence-corrected chi connectivity index (χ0v) is 9.68. The van der Waals surface area contributed by atoms with Crippen molar-refractivity contribution in [1.29, 1.82) is 0 Å². The Bertz CT molecular complexity index is 150. The van der Waals surface area contributed by atoms with Crippen molar-refractivity contribution in [2.24, 2.45) is 0 Å². The second-order valence-corrected chi connectivity index (χ2v) is 4.20. The zero-order chi connectivity index (χ0) is 10.4. The summed E-state index contributed by atoms with van der Waals surface area (Å²) < 4.78 is 5.75. The standard InChI is InChI=1S/C11H24N2O/c1-4-13-10-5-6-14-11(8-10)7-9(2)12-3/h9-13H,4-8H2,1-3H3. The molecule has 3 unspecified atom stereocenters. The van der Waals surface area contributed by atoms with Crippen LogP contribution >= 0.6 is 0 Å². The van der Waals surface area contributed by atoms with Crippen LogP contribution in [0.25, 0.3) is 0 Å². The third-order valence-electron chi connectivity index (χ3n) is 2.97. The molecule has 0 aromatic heterocycles. The molecule has 0 spiro atoms. The predicted molar refractivity (Wildman–Crippen MR) is 59.6 cm³/mol. The van der Waals surface area contributed by atoms with Crippen LogP contribution in [0.5, 0.6) is 0 Å². The van der Waals surface area contributed by atoms with Gasteiger partial charge in [-0.2, -0.15) is 0 Å². The lowest BCUT2D eigenvalue weighted by Gasteiger charge is -2.31. The van der Waals surface area contributed by atoms with E-state index in [2.05, 4.69) is 24.5 Å². The highest BCUT2D eigenvalue weighted by Gasteiger charge is 2.22. The fourth-order valence-electron chi connectivity index (χ4n) is 2.03. The monoisotopic (exact) mass is 200 g/mol. The molecule has 84 valence electrons. The summed E-state index contributed by atoms with van der Waals surface area (Å²) in [7, 11) is 2.01. The SMILES string of the molecule is CCNC1CCOC(CC(C)NC)C1. The van der Waals surface area contributed by atoms with Crippen molar-refractivity contribution in [3.05, 3.63) is 0 Å². The summed E-state index contributed by atoms with van der Waals surface area (Å²) >= 11 is 0. The average Bonchev–Trinajstić information content (AvgIpc) is 2.19. The van der Waals surface area contributed by atoms with E-state index in [1.165, 1.54) is 6.42 Å². The molecule has 1 fully saturated rings. The van der Waals surface area contributed by atoms with Gasteiger partial charge in [0.15, 0.2) is 0 Å². The molecule has 14 heavy (non-hydrogen) atoms. The molecular weight excluding hydrogens is 176 g/mol. The molecule has 1 aliphatic heterocycles. The fraction of sp³-hybridized carbons (Fsp3) is 1.00. The highest BCUT2D eigenvalue weighted by molar-refractivity contribution is 4.78. The quantitative estimate of drug-likeness (QED) is 0.698. The topological polar surface area (TPSA) is 33.3 Å². The van der Waals surface area contributed by atoms with Crippen molar-refractivity contribution in [1.82, 2.24) is 10.6 Å². The summed E-state index contributed by atoms with van der Waals surface area (Å²) in [6, 6.07) is 1.23. The van der Waals surface area contributed by atoms with Gasteiger partial charge in [-0.25, -0.2) is 0 Å². The highest BCUT2D eigenvalue weighted by atomic mass is 16.5. The number of rotatable bonds is 5. The normalized spacial score (nSPS) is 30.2. The summed E-state index contributed by atoms with van der Waals surface area (Å²) in [5, 5.41) is 6.76. The lowest BCUT2D eigenvalue weighted by molar-refractivity contribution is -0.00661. The van der Waals surface area contributed by atoms with Crippen LogP contribution in [0.3, 0.4) is 0 Å². The van der Waals surface area contributed by atoms with E-state index in [1.54, 1.807) is 0 Å². The molecule has 0 aromatic rings. The minimum Gasteiger partial charge on any atom is -0.378 e. The Morgan fingerprint density at radius 3 is 2.93 bits per heavy atom. The largest absolute Gasteiger partial charge is 0.378 e. The Labute approximate surface area is 87.6 Å². The molecule has 1 heterocycles. The van der Waals surface area contributed by atoms with Crippen LogP contribution in [0.15, 0.2) is 0 Å². The average molecular weight is 200 g/mol. The van der Waals surface area contributed by atoms with Gasteiger partial charge in [-0.15, -0.1) is 0 Å². The lowest BCUT2D eigenvalue weighted by atomic mass is 9.98. The van der Waals surface area contributed by atoms with Gasteiger partial charge < -0.3 is 15.4 Å². The second-order valence-electron chi connectivity index (χ2n) is 4.20. The van der Waals surface area contributed by atoms with E-state index in [9.17, 15) is 0 Å².